The van der Waals surface area contributed by atoms with Crippen LogP contribution in [0.3, 0.4) is 0 Å². The summed E-state index contributed by atoms with van der Waals surface area (Å²) < 4.78 is 5.40. The van der Waals surface area contributed by atoms with Crippen LogP contribution in [0.15, 0.2) is 4.99 Å². The lowest BCUT2D eigenvalue weighted by molar-refractivity contribution is -0.115. The Morgan fingerprint density at radius 1 is 1.58 bits per heavy atom. The number of nitrogens with zero attached hydrogens (tertiary/aromatic N) is 1. The number of rotatable bonds is 2. The summed E-state index contributed by atoms with van der Waals surface area (Å²) in [5.74, 6) is 0.485. The lowest BCUT2D eigenvalue weighted by Gasteiger charge is -2.39. The van der Waals surface area contributed by atoms with E-state index in [4.69, 9.17) is 4.74 Å². The lowest BCUT2D eigenvalue weighted by atomic mass is 9.81. The molecule has 0 spiro atoms. The van der Waals surface area contributed by atoms with E-state index in [2.05, 4.69) is 4.99 Å². The minimum Gasteiger partial charge on any atom is -0.371 e. The quantitative estimate of drug-likeness (QED) is 0.649. The van der Waals surface area contributed by atoms with Crippen LogP contribution in [0.5, 0.6) is 0 Å². The molecule has 1 aliphatic carbocycles. The Bertz CT molecular complexity index is 240. The van der Waals surface area contributed by atoms with E-state index in [0.717, 1.165) is 17.9 Å². The van der Waals surface area contributed by atoms with Crippen LogP contribution in [0.25, 0.3) is 0 Å². The van der Waals surface area contributed by atoms with Crippen LogP contribution >= 0.6 is 11.8 Å². The fraction of sp³-hybridized carbons (Fsp3) is 0.750. The van der Waals surface area contributed by atoms with Crippen molar-refractivity contribution < 1.29 is 9.53 Å². The van der Waals surface area contributed by atoms with Crippen molar-refractivity contribution in [3.63, 3.8) is 0 Å². The van der Waals surface area contributed by atoms with Crippen molar-refractivity contribution in [2.24, 2.45) is 4.99 Å². The minimum absolute atomic E-state index is 0.0154. The van der Waals surface area contributed by atoms with Crippen molar-refractivity contribution in [3.05, 3.63) is 0 Å². The molecule has 2 aliphatic rings. The maximum absolute atomic E-state index is 10.9. The molecule has 4 heteroatoms. The number of amides is 1. The van der Waals surface area contributed by atoms with Gasteiger partial charge in [0.2, 0.25) is 0 Å². The predicted molar refractivity (Wildman–Crippen MR) is 48.5 cm³/mol. The molecule has 0 atom stereocenters. The van der Waals surface area contributed by atoms with Gasteiger partial charge in [0, 0.05) is 7.11 Å². The van der Waals surface area contributed by atoms with Gasteiger partial charge in [0.15, 0.2) is 0 Å². The van der Waals surface area contributed by atoms with Crippen molar-refractivity contribution in [2.75, 3.05) is 12.9 Å². The van der Waals surface area contributed by atoms with Gasteiger partial charge in [-0.1, -0.05) is 11.8 Å². The fourth-order valence-corrected chi connectivity index (χ4v) is 2.59. The third-order valence-corrected chi connectivity index (χ3v) is 3.63. The zero-order valence-electron chi connectivity index (χ0n) is 7.00. The Kier molecular flexibility index (Phi) is 1.96. The van der Waals surface area contributed by atoms with E-state index in [1.807, 2.05) is 0 Å². The Morgan fingerprint density at radius 3 is 2.67 bits per heavy atom. The third-order valence-electron chi connectivity index (χ3n) is 2.50. The van der Waals surface area contributed by atoms with Crippen LogP contribution in [0.4, 0.5) is 0 Å². The molecule has 0 saturated heterocycles. The molecule has 0 radical (unpaired) electrons. The molecule has 0 aromatic carbocycles. The lowest BCUT2D eigenvalue weighted by Crippen LogP contribution is -2.45. The predicted octanol–water partition coefficient (Wildman–Crippen LogP) is 1.23. The van der Waals surface area contributed by atoms with E-state index in [-0.39, 0.29) is 11.5 Å². The Labute approximate surface area is 75.6 Å². The maximum atomic E-state index is 10.9. The molecule has 2 rings (SSSR count). The molecule has 0 aromatic rings. The topological polar surface area (TPSA) is 38.7 Å². The number of methoxy groups -OCH3 is 1. The first-order chi connectivity index (χ1) is 5.77. The van der Waals surface area contributed by atoms with Crippen LogP contribution in [-0.4, -0.2) is 29.4 Å². The van der Waals surface area contributed by atoms with Gasteiger partial charge in [0.25, 0.3) is 5.91 Å². The Morgan fingerprint density at radius 2 is 2.33 bits per heavy atom. The highest BCUT2D eigenvalue weighted by Gasteiger charge is 2.44. The maximum Gasteiger partial charge on any atom is 0.256 e. The van der Waals surface area contributed by atoms with Gasteiger partial charge in [-0.3, -0.25) is 4.79 Å². The van der Waals surface area contributed by atoms with E-state index >= 15 is 0 Å². The van der Waals surface area contributed by atoms with Crippen molar-refractivity contribution in [3.8, 4) is 0 Å². The van der Waals surface area contributed by atoms with Crippen LogP contribution in [-0.2, 0) is 9.53 Å². The molecular weight excluding hydrogens is 174 g/mol. The van der Waals surface area contributed by atoms with E-state index < -0.39 is 0 Å². The van der Waals surface area contributed by atoms with E-state index in [0.29, 0.717) is 5.75 Å². The first-order valence-corrected chi connectivity index (χ1v) is 5.05. The summed E-state index contributed by atoms with van der Waals surface area (Å²) in [5, 5.41) is 0.904. The smallest absolute Gasteiger partial charge is 0.256 e. The molecule has 1 aliphatic heterocycles. The van der Waals surface area contributed by atoms with Crippen LogP contribution in [0.1, 0.15) is 19.3 Å². The van der Waals surface area contributed by atoms with Crippen molar-refractivity contribution in [1.29, 1.82) is 0 Å². The number of hydrogen-bond donors (Lipinski definition) is 0. The second-order valence-electron chi connectivity index (χ2n) is 3.15. The van der Waals surface area contributed by atoms with Crippen LogP contribution in [0, 0.1) is 0 Å². The standard InChI is InChI=1S/C8H11NO2S/c1-11-8(3-2-4-8)7-9-6(10)5-12-7/h2-5H2,1H3. The molecule has 0 unspecified atom stereocenters. The largest absolute Gasteiger partial charge is 0.371 e. The number of ether oxygens (including phenoxy) is 1. The second-order valence-corrected chi connectivity index (χ2v) is 4.12. The molecule has 66 valence electrons. The first-order valence-electron chi connectivity index (χ1n) is 4.07. The molecule has 0 bridgehead atoms. The number of hydrogen-bond acceptors (Lipinski definition) is 3. The van der Waals surface area contributed by atoms with Crippen molar-refractivity contribution >= 4 is 22.7 Å². The number of carbonyl (C=O) groups excluding carboxylic acids is 1. The summed E-state index contributed by atoms with van der Waals surface area (Å²) in [4.78, 5) is 14.9. The molecule has 0 N–H and O–H groups in total. The summed E-state index contributed by atoms with van der Waals surface area (Å²) in [6.45, 7) is 0. The average molecular weight is 185 g/mol. The molecule has 12 heavy (non-hydrogen) atoms. The van der Waals surface area contributed by atoms with Crippen molar-refractivity contribution in [2.45, 2.75) is 24.9 Å². The van der Waals surface area contributed by atoms with E-state index in [9.17, 15) is 4.79 Å². The average Bonchev–Trinajstić information content (AvgIpc) is 2.35. The normalized spacial score (nSPS) is 26.8. The molecule has 1 fully saturated rings. The van der Waals surface area contributed by atoms with Gasteiger partial charge in [-0.05, 0) is 19.3 Å². The number of aliphatic imine (C=N–C) groups is 1. The van der Waals surface area contributed by atoms with Gasteiger partial charge in [-0.25, -0.2) is 4.99 Å². The van der Waals surface area contributed by atoms with Crippen LogP contribution in [0.2, 0.25) is 0 Å². The van der Waals surface area contributed by atoms with Gasteiger partial charge < -0.3 is 4.74 Å². The molecule has 1 heterocycles. The van der Waals surface area contributed by atoms with E-state index in [1.54, 1.807) is 7.11 Å². The van der Waals surface area contributed by atoms with Gasteiger partial charge in [-0.15, -0.1) is 0 Å². The summed E-state index contributed by atoms with van der Waals surface area (Å²) in [6, 6.07) is 0. The zero-order chi connectivity index (χ0) is 8.60. The monoisotopic (exact) mass is 185 g/mol. The van der Waals surface area contributed by atoms with Gasteiger partial charge in [0.05, 0.1) is 5.75 Å². The van der Waals surface area contributed by atoms with Gasteiger partial charge in [0.1, 0.15) is 10.6 Å². The fourth-order valence-electron chi connectivity index (χ4n) is 1.54. The number of thioether (sulfide) groups is 1. The van der Waals surface area contributed by atoms with Gasteiger partial charge >= 0.3 is 0 Å². The Hall–Kier alpha value is -0.350. The van der Waals surface area contributed by atoms with Crippen molar-refractivity contribution in [1.82, 2.24) is 0 Å². The summed E-state index contributed by atoms with van der Waals surface area (Å²) >= 11 is 1.53. The highest BCUT2D eigenvalue weighted by atomic mass is 32.2. The highest BCUT2D eigenvalue weighted by Crippen LogP contribution is 2.41. The molecule has 0 aromatic heterocycles. The first kappa shape index (κ1) is 8.26. The molecular formula is C8H11NO2S. The van der Waals surface area contributed by atoms with E-state index in [1.165, 1.54) is 18.2 Å². The molecule has 1 amide bonds. The molecule has 1 saturated carbocycles. The number of carbonyl (C=O) groups is 1. The SMILES string of the molecule is COC1(C2=NC(=O)CS2)CCC1. The minimum atomic E-state index is -0.184. The summed E-state index contributed by atoms with van der Waals surface area (Å²) in [5.41, 5.74) is -0.184. The van der Waals surface area contributed by atoms with Crippen LogP contribution < -0.4 is 0 Å². The summed E-state index contributed by atoms with van der Waals surface area (Å²) in [7, 11) is 1.70. The third kappa shape index (κ3) is 1.10. The Balaban J connectivity index is 2.17. The molecule has 3 nitrogen and oxygen atoms in total. The zero-order valence-corrected chi connectivity index (χ0v) is 7.82. The second kappa shape index (κ2) is 2.85. The summed E-state index contributed by atoms with van der Waals surface area (Å²) in [6.07, 6.45) is 3.22. The highest BCUT2D eigenvalue weighted by molar-refractivity contribution is 8.15. The van der Waals surface area contributed by atoms with Gasteiger partial charge in [-0.2, -0.15) is 0 Å².